The van der Waals surface area contributed by atoms with Crippen molar-refractivity contribution in [3.63, 3.8) is 0 Å². The van der Waals surface area contributed by atoms with E-state index in [2.05, 4.69) is 10.3 Å². The molecule has 1 amide bonds. The van der Waals surface area contributed by atoms with Crippen LogP contribution in [0, 0.1) is 5.92 Å². The second kappa shape index (κ2) is 8.83. The second-order valence-electron chi connectivity index (χ2n) is 7.25. The number of nitrogens with one attached hydrogen (secondary N) is 1. The van der Waals surface area contributed by atoms with E-state index < -0.39 is 5.97 Å². The second-order valence-corrected chi connectivity index (χ2v) is 7.25. The minimum atomic E-state index is -0.975. The van der Waals surface area contributed by atoms with Crippen molar-refractivity contribution in [2.24, 2.45) is 5.92 Å². The van der Waals surface area contributed by atoms with E-state index in [1.54, 1.807) is 6.20 Å². The summed E-state index contributed by atoms with van der Waals surface area (Å²) in [5, 5.41) is 12.1. The average molecular weight is 357 g/mol. The SMILES string of the molecule is O=C(O)/C=C/c1ccc(N[C@@H]2CCCN(C(=O)C3CCCCC3)C2)nc1. The molecule has 2 aliphatic rings. The first-order valence-corrected chi connectivity index (χ1v) is 9.54. The maximum absolute atomic E-state index is 12.7. The van der Waals surface area contributed by atoms with E-state index in [1.165, 1.54) is 25.3 Å². The summed E-state index contributed by atoms with van der Waals surface area (Å²) in [6.07, 6.45) is 12.0. The highest BCUT2D eigenvalue weighted by molar-refractivity contribution is 5.85. The van der Waals surface area contributed by atoms with Crippen LogP contribution in [0.15, 0.2) is 24.4 Å². The number of pyridine rings is 1. The van der Waals surface area contributed by atoms with Crippen LogP contribution in [-0.4, -0.2) is 46.0 Å². The van der Waals surface area contributed by atoms with Gasteiger partial charge in [-0.05, 0) is 49.5 Å². The molecule has 1 aliphatic heterocycles. The molecule has 6 nitrogen and oxygen atoms in total. The highest BCUT2D eigenvalue weighted by atomic mass is 16.4. The third-order valence-electron chi connectivity index (χ3n) is 5.24. The Morgan fingerprint density at radius 2 is 1.96 bits per heavy atom. The number of anilines is 1. The molecule has 140 valence electrons. The number of hydrogen-bond donors (Lipinski definition) is 2. The van der Waals surface area contributed by atoms with Crippen molar-refractivity contribution >= 4 is 23.8 Å². The first-order valence-electron chi connectivity index (χ1n) is 9.54. The van der Waals surface area contributed by atoms with Crippen molar-refractivity contribution in [3.05, 3.63) is 30.0 Å². The van der Waals surface area contributed by atoms with Gasteiger partial charge >= 0.3 is 5.97 Å². The maximum Gasteiger partial charge on any atom is 0.328 e. The number of amides is 1. The van der Waals surface area contributed by atoms with Crippen molar-refractivity contribution in [1.29, 1.82) is 0 Å². The van der Waals surface area contributed by atoms with Gasteiger partial charge < -0.3 is 15.3 Å². The number of aromatic nitrogens is 1. The Morgan fingerprint density at radius 1 is 1.15 bits per heavy atom. The van der Waals surface area contributed by atoms with Crippen molar-refractivity contribution in [2.75, 3.05) is 18.4 Å². The van der Waals surface area contributed by atoms with Crippen LogP contribution in [0.1, 0.15) is 50.5 Å². The van der Waals surface area contributed by atoms with Crippen molar-refractivity contribution in [3.8, 4) is 0 Å². The van der Waals surface area contributed by atoms with E-state index in [1.807, 2.05) is 17.0 Å². The number of hydrogen-bond acceptors (Lipinski definition) is 4. The summed E-state index contributed by atoms with van der Waals surface area (Å²) in [6, 6.07) is 3.90. The first-order chi connectivity index (χ1) is 12.6. The van der Waals surface area contributed by atoms with Gasteiger partial charge in [0.15, 0.2) is 0 Å². The van der Waals surface area contributed by atoms with Gasteiger partial charge in [-0.15, -0.1) is 0 Å². The summed E-state index contributed by atoms with van der Waals surface area (Å²) in [6.45, 7) is 1.59. The monoisotopic (exact) mass is 357 g/mol. The van der Waals surface area contributed by atoms with E-state index in [0.29, 0.717) is 5.91 Å². The van der Waals surface area contributed by atoms with Gasteiger partial charge in [-0.2, -0.15) is 0 Å². The van der Waals surface area contributed by atoms with Crippen molar-refractivity contribution < 1.29 is 14.7 Å². The molecule has 0 radical (unpaired) electrons. The van der Waals surface area contributed by atoms with Crippen LogP contribution in [-0.2, 0) is 9.59 Å². The summed E-state index contributed by atoms with van der Waals surface area (Å²) < 4.78 is 0. The highest BCUT2D eigenvalue weighted by Crippen LogP contribution is 2.27. The van der Waals surface area contributed by atoms with E-state index in [4.69, 9.17) is 5.11 Å². The number of carboxylic acid groups (broad SMARTS) is 1. The first kappa shape index (κ1) is 18.4. The van der Waals surface area contributed by atoms with Gasteiger partial charge in [0.05, 0.1) is 0 Å². The van der Waals surface area contributed by atoms with Crippen LogP contribution in [0.4, 0.5) is 5.82 Å². The number of rotatable bonds is 5. The Bertz CT molecular complexity index is 651. The Balaban J connectivity index is 1.54. The molecule has 0 aromatic carbocycles. The molecule has 1 atom stereocenters. The Morgan fingerprint density at radius 3 is 2.65 bits per heavy atom. The lowest BCUT2D eigenvalue weighted by Gasteiger charge is -2.36. The molecule has 6 heteroatoms. The third kappa shape index (κ3) is 5.07. The predicted octanol–water partition coefficient (Wildman–Crippen LogP) is 3.16. The van der Waals surface area contributed by atoms with Crippen molar-refractivity contribution in [1.82, 2.24) is 9.88 Å². The Hall–Kier alpha value is -2.37. The van der Waals surface area contributed by atoms with Gasteiger partial charge in [0.25, 0.3) is 0 Å². The number of carboxylic acids is 1. The molecule has 1 aromatic rings. The summed E-state index contributed by atoms with van der Waals surface area (Å²) >= 11 is 0. The van der Waals surface area contributed by atoms with E-state index in [-0.39, 0.29) is 12.0 Å². The zero-order valence-electron chi connectivity index (χ0n) is 15.1. The van der Waals surface area contributed by atoms with Gasteiger partial charge in [-0.25, -0.2) is 9.78 Å². The van der Waals surface area contributed by atoms with Gasteiger partial charge in [0.2, 0.25) is 5.91 Å². The molecule has 2 fully saturated rings. The number of nitrogens with zero attached hydrogens (tertiary/aromatic N) is 2. The van der Waals surface area contributed by atoms with Crippen LogP contribution in [0.3, 0.4) is 0 Å². The fraction of sp³-hybridized carbons (Fsp3) is 0.550. The molecule has 0 bridgehead atoms. The summed E-state index contributed by atoms with van der Waals surface area (Å²) in [4.78, 5) is 29.7. The molecule has 0 spiro atoms. The fourth-order valence-corrected chi connectivity index (χ4v) is 3.87. The number of likely N-dealkylation sites (tertiary alicyclic amines) is 1. The molecular formula is C20H27N3O3. The van der Waals surface area contributed by atoms with Crippen LogP contribution >= 0.6 is 0 Å². The van der Waals surface area contributed by atoms with Gasteiger partial charge in [-0.1, -0.05) is 19.3 Å². The fourth-order valence-electron chi connectivity index (χ4n) is 3.87. The predicted molar refractivity (Wildman–Crippen MR) is 101 cm³/mol. The van der Waals surface area contributed by atoms with Crippen LogP contribution < -0.4 is 5.32 Å². The smallest absolute Gasteiger partial charge is 0.328 e. The average Bonchev–Trinajstić information content (AvgIpc) is 2.68. The van der Waals surface area contributed by atoms with Crippen LogP contribution in [0.5, 0.6) is 0 Å². The number of carbonyl (C=O) groups excluding carboxylic acids is 1. The van der Waals surface area contributed by atoms with Gasteiger partial charge in [0.1, 0.15) is 5.82 Å². The molecule has 2 N–H and O–H groups in total. The quantitative estimate of drug-likeness (QED) is 0.791. The molecule has 2 heterocycles. The van der Waals surface area contributed by atoms with Crippen LogP contribution in [0.2, 0.25) is 0 Å². The molecule has 1 saturated carbocycles. The molecule has 1 aromatic heterocycles. The molecule has 3 rings (SSSR count). The lowest BCUT2D eigenvalue weighted by Crippen LogP contribution is -2.47. The van der Waals surface area contributed by atoms with E-state index in [0.717, 1.165) is 56.2 Å². The molecule has 0 unspecified atom stereocenters. The Labute approximate surface area is 154 Å². The maximum atomic E-state index is 12.7. The minimum Gasteiger partial charge on any atom is -0.478 e. The largest absolute Gasteiger partial charge is 0.478 e. The number of carbonyl (C=O) groups is 2. The summed E-state index contributed by atoms with van der Waals surface area (Å²) in [7, 11) is 0. The molecule has 1 saturated heterocycles. The van der Waals surface area contributed by atoms with Gasteiger partial charge in [-0.3, -0.25) is 4.79 Å². The lowest BCUT2D eigenvalue weighted by atomic mass is 9.87. The zero-order valence-corrected chi connectivity index (χ0v) is 15.1. The summed E-state index contributed by atoms with van der Waals surface area (Å²) in [5.41, 5.74) is 0.746. The summed E-state index contributed by atoms with van der Waals surface area (Å²) in [5.74, 6) is 0.339. The molecule has 1 aliphatic carbocycles. The number of piperidine rings is 1. The molecular weight excluding hydrogens is 330 g/mol. The topological polar surface area (TPSA) is 82.5 Å². The Kier molecular flexibility index (Phi) is 6.26. The van der Waals surface area contributed by atoms with Gasteiger partial charge in [0, 0.05) is 37.3 Å². The molecule has 26 heavy (non-hydrogen) atoms. The lowest BCUT2D eigenvalue weighted by molar-refractivity contribution is -0.137. The highest BCUT2D eigenvalue weighted by Gasteiger charge is 2.29. The van der Waals surface area contributed by atoms with E-state index >= 15 is 0 Å². The normalized spacial score (nSPS) is 21.7. The van der Waals surface area contributed by atoms with Crippen molar-refractivity contribution in [2.45, 2.75) is 51.0 Å². The third-order valence-corrected chi connectivity index (χ3v) is 5.24. The minimum absolute atomic E-state index is 0.212. The zero-order chi connectivity index (χ0) is 18.4. The number of aliphatic carboxylic acids is 1. The standard InChI is InChI=1S/C20H27N3O3/c24-19(25)11-9-15-8-10-18(21-13-15)22-17-7-4-12-23(14-17)20(26)16-5-2-1-3-6-16/h8-11,13,16-17H,1-7,12,14H2,(H,21,22)(H,24,25)/b11-9+/t17-/m1/s1. The van der Waals surface area contributed by atoms with Crippen LogP contribution in [0.25, 0.3) is 6.08 Å². The van der Waals surface area contributed by atoms with E-state index in [9.17, 15) is 9.59 Å².